The summed E-state index contributed by atoms with van der Waals surface area (Å²) < 4.78 is 20.7. The van der Waals surface area contributed by atoms with E-state index in [1.54, 1.807) is 24.5 Å². The molecule has 39 heavy (non-hydrogen) atoms. The molecular formula is C29H26BrIN2O5S. The van der Waals surface area contributed by atoms with Gasteiger partial charge < -0.3 is 14.2 Å². The predicted molar refractivity (Wildman–Crippen MR) is 164 cm³/mol. The van der Waals surface area contributed by atoms with Gasteiger partial charge in [0, 0.05) is 5.56 Å². The minimum Gasteiger partial charge on any atom is -0.491 e. The summed E-state index contributed by atoms with van der Waals surface area (Å²) in [5.74, 6) is 3.18. The van der Waals surface area contributed by atoms with Crippen molar-refractivity contribution in [3.05, 3.63) is 86.5 Å². The van der Waals surface area contributed by atoms with Crippen LogP contribution in [-0.2, 0) is 9.53 Å². The second kappa shape index (κ2) is 12.5. The maximum atomic E-state index is 14.0. The van der Waals surface area contributed by atoms with Crippen LogP contribution in [0.5, 0.6) is 11.5 Å². The Morgan fingerprint density at radius 1 is 1.33 bits per heavy atom. The van der Waals surface area contributed by atoms with E-state index in [0.717, 1.165) is 13.6 Å². The smallest absolute Gasteiger partial charge is 0.338 e. The van der Waals surface area contributed by atoms with Crippen LogP contribution >= 0.6 is 49.9 Å². The molecule has 0 saturated heterocycles. The van der Waals surface area contributed by atoms with Gasteiger partial charge in [0.15, 0.2) is 4.80 Å². The standard InChI is InChI=1S/C29H26BrIN2O5S/c1-6-12-37-26-20(30)13-18(14-21(26)31)15-23-27(34)33-25(19-10-8-9-11-22(19)38-16(3)4)24(28(35)36-7-2)17(5)32-29(33)39-23/h1,8-11,13-16,25H,7,12H2,2-5H3/b23-15+/t25-/m0/s1. The zero-order valence-corrected chi connectivity index (χ0v) is 26.3. The summed E-state index contributed by atoms with van der Waals surface area (Å²) in [5, 5.41) is 0. The first-order chi connectivity index (χ1) is 18.7. The number of ether oxygens (including phenoxy) is 3. The fraction of sp³-hybridized carbons (Fsp3) is 0.276. The first kappa shape index (κ1) is 29.1. The number of carbonyl (C=O) groups is 1. The van der Waals surface area contributed by atoms with Crippen molar-refractivity contribution in [1.82, 2.24) is 4.57 Å². The van der Waals surface area contributed by atoms with Gasteiger partial charge >= 0.3 is 5.97 Å². The highest BCUT2D eigenvalue weighted by molar-refractivity contribution is 14.1. The SMILES string of the molecule is C#CCOc1c(Br)cc(/C=c2/sc3n(c2=O)[C@@H](c2ccccc2OC(C)C)C(C(=O)OCC)=C(C)N=3)cc1I. The van der Waals surface area contributed by atoms with Gasteiger partial charge in [-0.3, -0.25) is 9.36 Å². The highest BCUT2D eigenvalue weighted by Crippen LogP contribution is 2.36. The molecule has 1 atom stereocenters. The number of allylic oxidation sites excluding steroid dienone is 1. The number of terminal acetylenes is 1. The molecule has 2 aromatic carbocycles. The van der Waals surface area contributed by atoms with E-state index in [4.69, 9.17) is 20.6 Å². The largest absolute Gasteiger partial charge is 0.491 e. The van der Waals surface area contributed by atoms with E-state index in [9.17, 15) is 9.59 Å². The van der Waals surface area contributed by atoms with E-state index in [2.05, 4.69) is 49.4 Å². The van der Waals surface area contributed by atoms with Crippen LogP contribution in [0.3, 0.4) is 0 Å². The van der Waals surface area contributed by atoms with Crippen LogP contribution in [0.2, 0.25) is 0 Å². The highest BCUT2D eigenvalue weighted by atomic mass is 127. The average molecular weight is 721 g/mol. The number of hydrogen-bond donors (Lipinski definition) is 0. The third-order valence-corrected chi connectivity index (χ3v) is 8.08. The molecular weight excluding hydrogens is 695 g/mol. The summed E-state index contributed by atoms with van der Waals surface area (Å²) in [6.07, 6.45) is 7.03. The Labute approximate surface area is 252 Å². The van der Waals surface area contributed by atoms with E-state index in [-0.39, 0.29) is 24.9 Å². The number of thiazole rings is 1. The Morgan fingerprint density at radius 2 is 2.08 bits per heavy atom. The third kappa shape index (κ3) is 6.15. The van der Waals surface area contributed by atoms with Crippen LogP contribution in [-0.4, -0.2) is 29.9 Å². The summed E-state index contributed by atoms with van der Waals surface area (Å²) in [5.41, 5.74) is 2.02. The van der Waals surface area contributed by atoms with Gasteiger partial charge in [-0.1, -0.05) is 35.5 Å². The monoisotopic (exact) mass is 720 g/mol. The Morgan fingerprint density at radius 3 is 2.74 bits per heavy atom. The first-order valence-corrected chi connectivity index (χ1v) is 14.9. The molecule has 0 spiro atoms. The lowest BCUT2D eigenvalue weighted by molar-refractivity contribution is -0.139. The van der Waals surface area contributed by atoms with E-state index in [1.807, 2.05) is 50.2 Å². The quantitative estimate of drug-likeness (QED) is 0.187. The normalized spacial score (nSPS) is 15.0. The summed E-state index contributed by atoms with van der Waals surface area (Å²) in [4.78, 5) is 32.3. The molecule has 10 heteroatoms. The van der Waals surface area contributed by atoms with Crippen molar-refractivity contribution in [2.24, 2.45) is 4.99 Å². The van der Waals surface area contributed by atoms with Gasteiger partial charge in [-0.25, -0.2) is 9.79 Å². The van der Waals surface area contributed by atoms with Crippen molar-refractivity contribution in [3.8, 4) is 23.8 Å². The van der Waals surface area contributed by atoms with Gasteiger partial charge in [0.1, 0.15) is 24.1 Å². The van der Waals surface area contributed by atoms with E-state index >= 15 is 0 Å². The Kier molecular flexibility index (Phi) is 9.35. The molecule has 1 aliphatic rings. The fourth-order valence-corrected chi connectivity index (χ4v) is 7.03. The number of hydrogen-bond acceptors (Lipinski definition) is 7. The van der Waals surface area contributed by atoms with Gasteiger partial charge in [0.2, 0.25) is 0 Å². The molecule has 3 aromatic rings. The van der Waals surface area contributed by atoms with Crippen molar-refractivity contribution < 1.29 is 19.0 Å². The number of para-hydroxylation sites is 1. The molecule has 0 saturated carbocycles. The van der Waals surface area contributed by atoms with Gasteiger partial charge in [-0.05, 0) is 96.1 Å². The second-order valence-electron chi connectivity index (χ2n) is 8.81. The van der Waals surface area contributed by atoms with Crippen molar-refractivity contribution in [1.29, 1.82) is 0 Å². The van der Waals surface area contributed by atoms with Crippen LogP contribution in [0.4, 0.5) is 0 Å². The predicted octanol–water partition coefficient (Wildman–Crippen LogP) is 4.96. The summed E-state index contributed by atoms with van der Waals surface area (Å²) in [7, 11) is 0. The highest BCUT2D eigenvalue weighted by Gasteiger charge is 2.35. The maximum absolute atomic E-state index is 14.0. The van der Waals surface area contributed by atoms with Crippen molar-refractivity contribution in [3.63, 3.8) is 0 Å². The number of rotatable bonds is 8. The molecule has 7 nitrogen and oxygen atoms in total. The van der Waals surface area contributed by atoms with Crippen molar-refractivity contribution in [2.45, 2.75) is 39.8 Å². The fourth-order valence-electron chi connectivity index (χ4n) is 4.22. The number of benzene rings is 2. The zero-order valence-electron chi connectivity index (χ0n) is 21.8. The molecule has 2 heterocycles. The number of halogens is 2. The summed E-state index contributed by atoms with van der Waals surface area (Å²) in [6.45, 7) is 7.71. The number of carbonyl (C=O) groups excluding carboxylic acids is 1. The number of fused-ring (bicyclic) bond motifs is 1. The third-order valence-electron chi connectivity index (χ3n) is 5.71. The zero-order chi connectivity index (χ0) is 28.3. The van der Waals surface area contributed by atoms with E-state index < -0.39 is 12.0 Å². The van der Waals surface area contributed by atoms with Crippen LogP contribution < -0.4 is 24.4 Å². The van der Waals surface area contributed by atoms with E-state index in [0.29, 0.717) is 37.7 Å². The molecule has 0 amide bonds. The van der Waals surface area contributed by atoms with Crippen LogP contribution in [0.25, 0.3) is 6.08 Å². The number of esters is 1. The summed E-state index contributed by atoms with van der Waals surface area (Å²) >= 11 is 6.97. The maximum Gasteiger partial charge on any atom is 0.338 e. The topological polar surface area (TPSA) is 79.1 Å². The Hall–Kier alpha value is -2.88. The average Bonchev–Trinajstić information content (AvgIpc) is 3.17. The van der Waals surface area contributed by atoms with Crippen LogP contribution in [0.1, 0.15) is 44.9 Å². The van der Waals surface area contributed by atoms with Gasteiger partial charge in [-0.15, -0.1) is 6.42 Å². The summed E-state index contributed by atoms with van der Waals surface area (Å²) in [6, 6.07) is 10.4. The molecule has 0 bridgehead atoms. The molecule has 0 N–H and O–H groups in total. The van der Waals surface area contributed by atoms with Crippen molar-refractivity contribution in [2.75, 3.05) is 13.2 Å². The van der Waals surface area contributed by atoms with Gasteiger partial charge in [0.25, 0.3) is 5.56 Å². The van der Waals surface area contributed by atoms with Crippen molar-refractivity contribution >= 4 is 61.9 Å². The lowest BCUT2D eigenvalue weighted by atomic mass is 9.95. The minimum absolute atomic E-state index is 0.105. The minimum atomic E-state index is -0.760. The second-order valence-corrected chi connectivity index (χ2v) is 11.8. The lowest BCUT2D eigenvalue weighted by Gasteiger charge is -2.26. The molecule has 1 aliphatic heterocycles. The van der Waals surface area contributed by atoms with Crippen LogP contribution in [0, 0.1) is 15.9 Å². The Balaban J connectivity index is 1.93. The molecule has 0 fully saturated rings. The molecule has 0 radical (unpaired) electrons. The molecule has 1 aromatic heterocycles. The van der Waals surface area contributed by atoms with E-state index in [1.165, 1.54) is 11.3 Å². The molecule has 4 rings (SSSR count). The van der Waals surface area contributed by atoms with Crippen LogP contribution in [0.15, 0.2) is 61.9 Å². The number of aromatic nitrogens is 1. The molecule has 0 aliphatic carbocycles. The van der Waals surface area contributed by atoms with Gasteiger partial charge in [-0.2, -0.15) is 0 Å². The Bertz CT molecular complexity index is 1660. The molecule has 0 unspecified atom stereocenters. The lowest BCUT2D eigenvalue weighted by Crippen LogP contribution is -2.40. The first-order valence-electron chi connectivity index (χ1n) is 12.2. The van der Waals surface area contributed by atoms with Gasteiger partial charge in [0.05, 0.1) is 36.6 Å². The number of nitrogens with zero attached hydrogens (tertiary/aromatic N) is 2. The molecule has 202 valence electrons.